The molecule has 1 N–H and O–H groups in total. The molecule has 1 heterocycles. The third-order valence-corrected chi connectivity index (χ3v) is 5.14. The van der Waals surface area contributed by atoms with Crippen molar-refractivity contribution in [2.24, 2.45) is 5.92 Å². The summed E-state index contributed by atoms with van der Waals surface area (Å²) in [6, 6.07) is 12.7. The summed E-state index contributed by atoms with van der Waals surface area (Å²) >= 11 is 1.33. The summed E-state index contributed by atoms with van der Waals surface area (Å²) in [6.07, 6.45) is 1.19. The van der Waals surface area contributed by atoms with Gasteiger partial charge in [-0.05, 0) is 59.3 Å². The number of aromatic nitrogens is 2. The van der Waals surface area contributed by atoms with Crippen LogP contribution < -0.4 is 0 Å². The Labute approximate surface area is 142 Å². The molecule has 1 fully saturated rings. The van der Waals surface area contributed by atoms with Gasteiger partial charge in [0, 0.05) is 12.3 Å². The van der Waals surface area contributed by atoms with Crippen LogP contribution in [0.25, 0.3) is 10.2 Å². The van der Waals surface area contributed by atoms with Crippen LogP contribution in [0.5, 0.6) is 0 Å². The van der Waals surface area contributed by atoms with E-state index in [1.54, 1.807) is 18.2 Å². The van der Waals surface area contributed by atoms with Crippen LogP contribution in [0.4, 0.5) is 0 Å². The smallest absolute Gasteiger partial charge is 0.335 e. The van der Waals surface area contributed by atoms with Gasteiger partial charge in [0.05, 0.1) is 10.3 Å². The molecular weight excluding hydrogens is 324 g/mol. The Morgan fingerprint density at radius 3 is 2.92 bits per heavy atom. The van der Waals surface area contributed by atoms with Gasteiger partial charge in [-0.2, -0.15) is 0 Å². The molecule has 0 aliphatic heterocycles. The molecule has 0 bridgehead atoms. The van der Waals surface area contributed by atoms with Gasteiger partial charge >= 0.3 is 5.97 Å². The maximum Gasteiger partial charge on any atom is 0.335 e. The number of aromatic carboxylic acids is 1. The van der Waals surface area contributed by atoms with Crippen molar-refractivity contribution in [3.05, 3.63) is 59.2 Å². The summed E-state index contributed by atoms with van der Waals surface area (Å²) < 4.78 is 4.89. The molecule has 120 valence electrons. The minimum atomic E-state index is -0.938. The van der Waals surface area contributed by atoms with Crippen molar-refractivity contribution in [1.29, 1.82) is 0 Å². The van der Waals surface area contributed by atoms with Gasteiger partial charge in [-0.25, -0.2) is 4.79 Å². The van der Waals surface area contributed by atoms with Crippen LogP contribution >= 0.6 is 11.5 Å². The minimum absolute atomic E-state index is 0.00988. The van der Waals surface area contributed by atoms with E-state index in [4.69, 9.17) is 5.11 Å². The lowest BCUT2D eigenvalue weighted by Crippen LogP contribution is -2.06. The zero-order valence-corrected chi connectivity index (χ0v) is 13.5. The maximum absolute atomic E-state index is 12.5. The van der Waals surface area contributed by atoms with Crippen LogP contribution in [0.15, 0.2) is 42.5 Å². The molecule has 0 saturated heterocycles. The second-order valence-corrected chi connectivity index (χ2v) is 6.88. The zero-order valence-electron chi connectivity index (χ0n) is 12.7. The Bertz CT molecular complexity index is 950. The van der Waals surface area contributed by atoms with Gasteiger partial charge in [-0.3, -0.25) is 4.79 Å². The highest BCUT2D eigenvalue weighted by Gasteiger charge is 2.43. The molecule has 2 atom stereocenters. The highest BCUT2D eigenvalue weighted by Crippen LogP contribution is 2.48. The predicted molar refractivity (Wildman–Crippen MR) is 90.4 cm³/mol. The van der Waals surface area contributed by atoms with E-state index in [9.17, 15) is 9.59 Å². The van der Waals surface area contributed by atoms with E-state index in [2.05, 4.69) is 9.59 Å². The zero-order chi connectivity index (χ0) is 16.7. The summed E-state index contributed by atoms with van der Waals surface area (Å²) in [5, 5.41) is 13.1. The van der Waals surface area contributed by atoms with Crippen molar-refractivity contribution >= 4 is 33.5 Å². The van der Waals surface area contributed by atoms with Gasteiger partial charge in [-0.15, -0.1) is 5.10 Å². The van der Waals surface area contributed by atoms with Crippen molar-refractivity contribution in [3.8, 4) is 0 Å². The lowest BCUT2D eigenvalue weighted by atomic mass is 10.0. The van der Waals surface area contributed by atoms with E-state index in [1.165, 1.54) is 11.5 Å². The Kier molecular flexibility index (Phi) is 3.61. The molecule has 2 aromatic carbocycles. The van der Waals surface area contributed by atoms with Crippen LogP contribution in [0.3, 0.4) is 0 Å². The van der Waals surface area contributed by atoms with E-state index in [0.717, 1.165) is 27.8 Å². The van der Waals surface area contributed by atoms with E-state index in [1.807, 2.05) is 24.3 Å². The number of carbonyl (C=O) groups is 2. The van der Waals surface area contributed by atoms with Crippen molar-refractivity contribution in [2.45, 2.75) is 18.8 Å². The van der Waals surface area contributed by atoms with Crippen LogP contribution in [0, 0.1) is 5.92 Å². The van der Waals surface area contributed by atoms with Crippen LogP contribution in [-0.2, 0) is 11.2 Å². The summed E-state index contributed by atoms with van der Waals surface area (Å²) in [7, 11) is 0. The first-order valence-electron chi connectivity index (χ1n) is 7.69. The van der Waals surface area contributed by atoms with Gasteiger partial charge in [-0.1, -0.05) is 22.7 Å². The molecule has 0 spiro atoms. The first-order chi connectivity index (χ1) is 11.6. The summed E-state index contributed by atoms with van der Waals surface area (Å²) in [5.74, 6) is -0.598. The van der Waals surface area contributed by atoms with Crippen molar-refractivity contribution in [1.82, 2.24) is 9.59 Å². The normalized spacial score (nSPS) is 19.3. The number of hydrogen-bond donors (Lipinski definition) is 1. The number of Topliss-reactive ketones (excluding diaryl/α,β-unsaturated/α-hetero) is 1. The number of carbonyl (C=O) groups excluding carboxylic acids is 1. The molecule has 3 aromatic rings. The van der Waals surface area contributed by atoms with E-state index in [0.29, 0.717) is 6.42 Å². The fourth-order valence-electron chi connectivity index (χ4n) is 3.09. The second-order valence-electron chi connectivity index (χ2n) is 6.10. The highest BCUT2D eigenvalue weighted by atomic mass is 32.1. The number of nitrogens with zero attached hydrogens (tertiary/aromatic N) is 2. The van der Waals surface area contributed by atoms with Gasteiger partial charge in [0.2, 0.25) is 0 Å². The van der Waals surface area contributed by atoms with Gasteiger partial charge in [0.1, 0.15) is 11.3 Å². The molecule has 6 heteroatoms. The summed E-state index contributed by atoms with van der Waals surface area (Å²) in [5.41, 5.74) is 3.04. The Morgan fingerprint density at radius 2 is 2.08 bits per heavy atom. The Hall–Kier alpha value is -2.60. The average Bonchev–Trinajstić information content (AvgIpc) is 3.26. The summed E-state index contributed by atoms with van der Waals surface area (Å²) in [4.78, 5) is 23.6. The van der Waals surface area contributed by atoms with Gasteiger partial charge < -0.3 is 5.11 Å². The maximum atomic E-state index is 12.5. The molecule has 1 aliphatic carbocycles. The van der Waals surface area contributed by atoms with E-state index >= 15 is 0 Å². The number of ketones is 1. The third kappa shape index (κ3) is 2.80. The third-order valence-electron chi connectivity index (χ3n) is 4.46. The number of carboxylic acid groups (broad SMARTS) is 1. The highest BCUT2D eigenvalue weighted by molar-refractivity contribution is 7.12. The largest absolute Gasteiger partial charge is 0.478 e. The van der Waals surface area contributed by atoms with Crippen molar-refractivity contribution < 1.29 is 14.7 Å². The van der Waals surface area contributed by atoms with Crippen LogP contribution in [0.2, 0.25) is 0 Å². The molecule has 1 aliphatic rings. The summed E-state index contributed by atoms with van der Waals surface area (Å²) in [6.45, 7) is 0. The Balaban J connectivity index is 1.46. The van der Waals surface area contributed by atoms with Crippen molar-refractivity contribution in [2.75, 3.05) is 0 Å². The second kappa shape index (κ2) is 5.79. The number of fused-ring (bicyclic) bond motifs is 1. The number of carboxylic acids is 1. The average molecular weight is 338 g/mol. The van der Waals surface area contributed by atoms with E-state index < -0.39 is 5.97 Å². The SMILES string of the molecule is O=C(O)c1cccc([C@@H]2C[C@H]2C(=O)Cc2ccc3nnsc3c2)c1. The molecule has 1 aromatic heterocycles. The van der Waals surface area contributed by atoms with Gasteiger partial charge in [0.15, 0.2) is 0 Å². The lowest BCUT2D eigenvalue weighted by molar-refractivity contribution is -0.119. The van der Waals surface area contributed by atoms with Crippen LogP contribution in [0.1, 0.15) is 33.8 Å². The molecule has 0 amide bonds. The number of benzene rings is 2. The lowest BCUT2D eigenvalue weighted by Gasteiger charge is -2.03. The molecule has 0 radical (unpaired) electrons. The number of hydrogen-bond acceptors (Lipinski definition) is 5. The molecule has 24 heavy (non-hydrogen) atoms. The topological polar surface area (TPSA) is 80.1 Å². The molecule has 4 rings (SSSR count). The standard InChI is InChI=1S/C18H14N2O3S/c21-16(6-10-4-5-15-17(7-10)24-20-19-15)14-9-13(14)11-2-1-3-12(8-11)18(22)23/h1-5,7-8,13-14H,6,9H2,(H,22,23)/t13-,14+/m0/s1. The van der Waals surface area contributed by atoms with E-state index in [-0.39, 0.29) is 23.2 Å². The molecule has 0 unspecified atom stereocenters. The van der Waals surface area contributed by atoms with Crippen molar-refractivity contribution in [3.63, 3.8) is 0 Å². The fraction of sp³-hybridized carbons (Fsp3) is 0.222. The van der Waals surface area contributed by atoms with Gasteiger partial charge in [0.25, 0.3) is 0 Å². The minimum Gasteiger partial charge on any atom is -0.478 e. The molecule has 5 nitrogen and oxygen atoms in total. The number of rotatable bonds is 5. The quantitative estimate of drug-likeness (QED) is 0.772. The fourth-order valence-corrected chi connectivity index (χ4v) is 3.71. The molecular formula is C18H14N2O3S. The Morgan fingerprint density at radius 1 is 1.21 bits per heavy atom. The molecule has 1 saturated carbocycles. The van der Waals surface area contributed by atoms with Crippen LogP contribution in [-0.4, -0.2) is 26.4 Å². The first-order valence-corrected chi connectivity index (χ1v) is 8.46. The monoisotopic (exact) mass is 338 g/mol. The first kappa shape index (κ1) is 15.0. The predicted octanol–water partition coefficient (Wildman–Crippen LogP) is 3.30.